The van der Waals surface area contributed by atoms with Crippen molar-refractivity contribution >= 4 is 35.2 Å². The summed E-state index contributed by atoms with van der Waals surface area (Å²) in [5.41, 5.74) is 5.74. The zero-order chi connectivity index (χ0) is 11.7. The van der Waals surface area contributed by atoms with Gasteiger partial charge in [0, 0.05) is 0 Å². The van der Waals surface area contributed by atoms with Crippen LogP contribution in [0, 0.1) is 5.88 Å². The molecule has 8 heteroatoms. The van der Waals surface area contributed by atoms with Crippen molar-refractivity contribution in [2.75, 3.05) is 18.3 Å². The molecule has 1 aliphatic rings. The second kappa shape index (κ2) is 4.38. The SMILES string of the molecule is COc1nc(SC)nc2c1N(C(N)=O)[CH]S2. The van der Waals surface area contributed by atoms with Gasteiger partial charge in [-0.25, -0.2) is 9.78 Å². The maximum Gasteiger partial charge on any atom is 0.320 e. The number of carbonyl (C=O) groups is 1. The summed E-state index contributed by atoms with van der Waals surface area (Å²) in [7, 11) is 1.49. The number of anilines is 1. The molecule has 85 valence electrons. The van der Waals surface area contributed by atoms with Crippen molar-refractivity contribution in [1.29, 1.82) is 0 Å². The molecule has 1 aromatic heterocycles. The summed E-state index contributed by atoms with van der Waals surface area (Å²) in [6.07, 6.45) is 1.87. The molecule has 0 bridgehead atoms. The number of hydrogen-bond donors (Lipinski definition) is 1. The van der Waals surface area contributed by atoms with Gasteiger partial charge in [-0.1, -0.05) is 23.5 Å². The average Bonchev–Trinajstić information content (AvgIpc) is 2.71. The molecule has 16 heavy (non-hydrogen) atoms. The van der Waals surface area contributed by atoms with E-state index in [1.165, 1.54) is 35.5 Å². The molecule has 1 radical (unpaired) electrons. The summed E-state index contributed by atoms with van der Waals surface area (Å²) in [5.74, 6) is 1.95. The van der Waals surface area contributed by atoms with Gasteiger partial charge in [0.2, 0.25) is 5.88 Å². The number of carbonyl (C=O) groups excluding carboxylic acids is 1. The first-order chi connectivity index (χ1) is 7.67. The molecule has 0 saturated heterocycles. The Morgan fingerprint density at radius 2 is 2.38 bits per heavy atom. The second-order valence-corrected chi connectivity index (χ2v) is 4.41. The molecule has 2 N–H and O–H groups in total. The van der Waals surface area contributed by atoms with Crippen LogP contribution < -0.4 is 15.4 Å². The van der Waals surface area contributed by atoms with E-state index in [9.17, 15) is 4.79 Å². The zero-order valence-corrected chi connectivity index (χ0v) is 10.3. The van der Waals surface area contributed by atoms with Crippen molar-refractivity contribution in [3.63, 3.8) is 0 Å². The maximum absolute atomic E-state index is 11.2. The molecule has 2 heterocycles. The fraction of sp³-hybridized carbons (Fsp3) is 0.250. The number of urea groups is 1. The Hall–Kier alpha value is -1.15. The lowest BCUT2D eigenvalue weighted by atomic mass is 10.4. The second-order valence-electron chi connectivity index (χ2n) is 2.80. The lowest BCUT2D eigenvalue weighted by molar-refractivity contribution is 0.255. The summed E-state index contributed by atoms with van der Waals surface area (Å²) in [5, 5.41) is 1.28. The first-order valence-corrected chi connectivity index (χ1v) is 6.36. The highest BCUT2D eigenvalue weighted by Crippen LogP contribution is 2.45. The molecular formula is C8H9N4O2S2. The highest BCUT2D eigenvalue weighted by molar-refractivity contribution is 8.02. The molecule has 0 fully saturated rings. The number of rotatable bonds is 2. The summed E-state index contributed by atoms with van der Waals surface area (Å²) in [6, 6.07) is -0.579. The van der Waals surface area contributed by atoms with Gasteiger partial charge in [-0.15, -0.1) is 0 Å². The van der Waals surface area contributed by atoms with Gasteiger partial charge >= 0.3 is 6.03 Å². The van der Waals surface area contributed by atoms with Gasteiger partial charge in [0.25, 0.3) is 0 Å². The Balaban J connectivity index is 2.52. The summed E-state index contributed by atoms with van der Waals surface area (Å²) >= 11 is 2.73. The van der Waals surface area contributed by atoms with Gasteiger partial charge in [-0.05, 0) is 6.26 Å². The number of nitrogens with two attached hydrogens (primary N) is 1. The third kappa shape index (κ3) is 1.78. The molecule has 2 amide bonds. The maximum atomic E-state index is 11.2. The van der Waals surface area contributed by atoms with Crippen LogP contribution in [0.2, 0.25) is 0 Å². The van der Waals surface area contributed by atoms with Crippen LogP contribution in [-0.4, -0.2) is 29.4 Å². The quantitative estimate of drug-likeness (QED) is 0.489. The minimum atomic E-state index is -0.579. The molecule has 0 atom stereocenters. The Bertz CT molecular complexity index is 440. The zero-order valence-electron chi connectivity index (χ0n) is 8.63. The Kier molecular flexibility index (Phi) is 3.10. The van der Waals surface area contributed by atoms with Crippen LogP contribution in [0.1, 0.15) is 0 Å². The largest absolute Gasteiger partial charge is 0.479 e. The molecule has 0 saturated carbocycles. The normalized spacial score (nSPS) is 13.8. The van der Waals surface area contributed by atoms with E-state index in [0.717, 1.165) is 0 Å². The fourth-order valence-electron chi connectivity index (χ4n) is 1.24. The van der Waals surface area contributed by atoms with Gasteiger partial charge in [0.15, 0.2) is 5.16 Å². The number of hydrogen-bond acceptors (Lipinski definition) is 6. The van der Waals surface area contributed by atoms with E-state index in [-0.39, 0.29) is 0 Å². The number of thioether (sulfide) groups is 2. The average molecular weight is 257 g/mol. The highest BCUT2D eigenvalue weighted by Gasteiger charge is 2.31. The molecular weight excluding hydrogens is 248 g/mol. The van der Waals surface area contributed by atoms with Crippen molar-refractivity contribution in [2.24, 2.45) is 5.73 Å². The monoisotopic (exact) mass is 257 g/mol. The lowest BCUT2D eigenvalue weighted by Crippen LogP contribution is -2.31. The van der Waals surface area contributed by atoms with Gasteiger partial charge in [0.05, 0.1) is 7.11 Å². The van der Waals surface area contributed by atoms with Crippen LogP contribution in [0.4, 0.5) is 10.5 Å². The van der Waals surface area contributed by atoms with E-state index < -0.39 is 6.03 Å². The molecule has 0 aliphatic carbocycles. The molecule has 0 unspecified atom stereocenters. The summed E-state index contributed by atoms with van der Waals surface area (Å²) in [4.78, 5) is 20.9. The topological polar surface area (TPSA) is 81.3 Å². The van der Waals surface area contributed by atoms with Crippen LogP contribution in [0.15, 0.2) is 10.2 Å². The van der Waals surface area contributed by atoms with E-state index in [1.807, 2.05) is 6.26 Å². The van der Waals surface area contributed by atoms with E-state index in [1.54, 1.807) is 5.88 Å². The van der Waals surface area contributed by atoms with Gasteiger partial charge in [0.1, 0.15) is 16.6 Å². The number of amides is 2. The summed E-state index contributed by atoms with van der Waals surface area (Å²) < 4.78 is 5.13. The van der Waals surface area contributed by atoms with Gasteiger partial charge in [-0.2, -0.15) is 4.98 Å². The minimum absolute atomic E-state index is 0.356. The molecule has 1 aromatic rings. The summed E-state index contributed by atoms with van der Waals surface area (Å²) in [6.45, 7) is 0. The van der Waals surface area contributed by atoms with Crippen molar-refractivity contribution in [3.8, 4) is 5.88 Å². The smallest absolute Gasteiger partial charge is 0.320 e. The van der Waals surface area contributed by atoms with Crippen LogP contribution in [0.5, 0.6) is 5.88 Å². The fourth-order valence-corrected chi connectivity index (χ4v) is 2.50. The molecule has 0 aromatic carbocycles. The molecule has 2 rings (SSSR count). The number of fused-ring (bicyclic) bond motifs is 1. The Labute approximate surface area is 101 Å². The van der Waals surface area contributed by atoms with Crippen LogP contribution in [-0.2, 0) is 0 Å². The number of nitrogens with zero attached hydrogens (tertiary/aromatic N) is 3. The number of aromatic nitrogens is 2. The van der Waals surface area contributed by atoms with Crippen LogP contribution >= 0.6 is 23.5 Å². The third-order valence-corrected chi connectivity index (χ3v) is 3.30. The van der Waals surface area contributed by atoms with Crippen LogP contribution in [0.3, 0.4) is 0 Å². The number of primary amides is 1. The van der Waals surface area contributed by atoms with E-state index in [4.69, 9.17) is 10.5 Å². The predicted octanol–water partition coefficient (Wildman–Crippen LogP) is 1.32. The van der Waals surface area contributed by atoms with Crippen LogP contribution in [0.25, 0.3) is 0 Å². The van der Waals surface area contributed by atoms with Crippen molar-refractivity contribution in [1.82, 2.24) is 9.97 Å². The van der Waals surface area contributed by atoms with Gasteiger partial charge in [-0.3, -0.25) is 4.90 Å². The standard InChI is InChI=1S/C8H9N4O2S2/c1-14-5-4-6(11-8(10-5)15-2)16-3-12(4)7(9)13/h3H,1-2H3,(H2,9,13). The van der Waals surface area contributed by atoms with Crippen molar-refractivity contribution in [2.45, 2.75) is 10.2 Å². The first-order valence-electron chi connectivity index (χ1n) is 4.26. The van der Waals surface area contributed by atoms with Crippen molar-refractivity contribution in [3.05, 3.63) is 5.88 Å². The molecule has 1 aliphatic heterocycles. The van der Waals surface area contributed by atoms with E-state index in [2.05, 4.69) is 9.97 Å². The molecule has 6 nitrogen and oxygen atoms in total. The Morgan fingerprint density at radius 3 is 2.94 bits per heavy atom. The highest BCUT2D eigenvalue weighted by atomic mass is 32.2. The lowest BCUT2D eigenvalue weighted by Gasteiger charge is -2.14. The Morgan fingerprint density at radius 1 is 1.62 bits per heavy atom. The van der Waals surface area contributed by atoms with Gasteiger partial charge < -0.3 is 10.5 Å². The van der Waals surface area contributed by atoms with E-state index >= 15 is 0 Å². The number of ether oxygens (including phenoxy) is 1. The molecule has 0 spiro atoms. The number of methoxy groups -OCH3 is 1. The van der Waals surface area contributed by atoms with E-state index in [0.29, 0.717) is 21.7 Å². The first kappa shape index (κ1) is 11.3. The predicted molar refractivity (Wildman–Crippen MR) is 62.6 cm³/mol. The third-order valence-electron chi connectivity index (χ3n) is 1.92. The minimum Gasteiger partial charge on any atom is -0.479 e. The van der Waals surface area contributed by atoms with Crippen molar-refractivity contribution < 1.29 is 9.53 Å².